The fraction of sp³-hybridized carbons (Fsp3) is 0.300. The van der Waals surface area contributed by atoms with Gasteiger partial charge in [-0.05, 0) is 12.5 Å². The van der Waals surface area contributed by atoms with Crippen LogP contribution in [0.2, 0.25) is 0 Å². The number of hydrogen-bond acceptors (Lipinski definition) is 2. The van der Waals surface area contributed by atoms with Gasteiger partial charge in [0.15, 0.2) is 0 Å². The molecule has 68 valence electrons. The lowest BCUT2D eigenvalue weighted by Crippen LogP contribution is -2.15. The number of benzene rings is 1. The minimum absolute atomic E-state index is 0.135. The Hall–Kier alpha value is -1.38. The van der Waals surface area contributed by atoms with Gasteiger partial charge in [-0.15, -0.1) is 0 Å². The summed E-state index contributed by atoms with van der Waals surface area (Å²) in [5.41, 5.74) is 0.794. The first-order chi connectivity index (χ1) is 6.31. The summed E-state index contributed by atoms with van der Waals surface area (Å²) in [6.45, 7) is 0.486. The Balaban J connectivity index is 2.45. The van der Waals surface area contributed by atoms with Crippen LogP contribution in [0.5, 0.6) is 5.75 Å². The zero-order chi connectivity index (χ0) is 9.26. The smallest absolute Gasteiger partial charge is 0.127 e. The Kier molecular flexibility index (Phi) is 2.00. The van der Waals surface area contributed by atoms with E-state index < -0.39 is 0 Å². The summed E-state index contributed by atoms with van der Waals surface area (Å²) >= 11 is 0. The molecule has 1 aromatic carbocycles. The van der Waals surface area contributed by atoms with Crippen molar-refractivity contribution in [2.75, 3.05) is 6.61 Å². The molecule has 13 heavy (non-hydrogen) atoms. The molecule has 2 nitrogen and oxygen atoms in total. The normalized spacial score (nSPS) is 20.2. The van der Waals surface area contributed by atoms with Gasteiger partial charge in [0.05, 0.1) is 6.61 Å². The van der Waals surface area contributed by atoms with E-state index in [1.165, 1.54) is 12.1 Å². The Morgan fingerprint density at radius 3 is 3.15 bits per heavy atom. The zero-order valence-electron chi connectivity index (χ0n) is 7.00. The molecule has 1 heterocycles. The predicted octanol–water partition coefficient (Wildman–Crippen LogP) is 1.89. The largest absolute Gasteiger partial charge is 0.493 e. The maximum absolute atomic E-state index is 12.8. The molecular formula is C10H9FO2. The summed E-state index contributed by atoms with van der Waals surface area (Å²) in [5, 5.41) is 0. The van der Waals surface area contributed by atoms with E-state index in [0.29, 0.717) is 18.8 Å². The van der Waals surface area contributed by atoms with Crippen LogP contribution < -0.4 is 4.74 Å². The van der Waals surface area contributed by atoms with Crippen molar-refractivity contribution in [3.8, 4) is 5.75 Å². The van der Waals surface area contributed by atoms with Gasteiger partial charge >= 0.3 is 0 Å². The molecule has 1 aliphatic rings. The third-order valence-electron chi connectivity index (χ3n) is 2.23. The Bertz CT molecular complexity index is 336. The van der Waals surface area contributed by atoms with Crippen LogP contribution in [0.3, 0.4) is 0 Å². The number of fused-ring (bicyclic) bond motifs is 1. The number of halogens is 1. The average molecular weight is 180 g/mol. The molecule has 0 radical (unpaired) electrons. The minimum atomic E-state index is -0.328. The first-order valence-corrected chi connectivity index (χ1v) is 4.19. The maximum atomic E-state index is 12.8. The van der Waals surface area contributed by atoms with E-state index in [4.69, 9.17) is 4.74 Å². The van der Waals surface area contributed by atoms with Crippen LogP contribution in [-0.2, 0) is 4.79 Å². The van der Waals surface area contributed by atoms with Gasteiger partial charge in [-0.1, -0.05) is 6.07 Å². The van der Waals surface area contributed by atoms with Crippen molar-refractivity contribution in [1.29, 1.82) is 0 Å². The van der Waals surface area contributed by atoms with E-state index in [0.717, 1.165) is 11.8 Å². The highest BCUT2D eigenvalue weighted by molar-refractivity contribution is 5.65. The van der Waals surface area contributed by atoms with E-state index in [2.05, 4.69) is 0 Å². The van der Waals surface area contributed by atoms with Gasteiger partial charge in [0.1, 0.15) is 17.9 Å². The lowest BCUT2D eigenvalue weighted by Gasteiger charge is -2.21. The monoisotopic (exact) mass is 180 g/mol. The van der Waals surface area contributed by atoms with Crippen molar-refractivity contribution in [3.05, 3.63) is 29.6 Å². The number of ether oxygens (including phenoxy) is 1. The highest BCUT2D eigenvalue weighted by atomic mass is 19.1. The van der Waals surface area contributed by atoms with Crippen molar-refractivity contribution in [2.24, 2.45) is 0 Å². The van der Waals surface area contributed by atoms with E-state index in [9.17, 15) is 9.18 Å². The second-order valence-electron chi connectivity index (χ2n) is 3.06. The molecule has 0 saturated carbocycles. The third kappa shape index (κ3) is 1.41. The van der Waals surface area contributed by atoms with Gasteiger partial charge in [0, 0.05) is 17.5 Å². The fourth-order valence-corrected chi connectivity index (χ4v) is 1.53. The van der Waals surface area contributed by atoms with Gasteiger partial charge < -0.3 is 9.53 Å². The van der Waals surface area contributed by atoms with Crippen LogP contribution in [0, 0.1) is 5.82 Å². The Labute approximate surface area is 75.3 Å². The molecule has 1 aromatic rings. The second kappa shape index (κ2) is 3.17. The van der Waals surface area contributed by atoms with Crippen LogP contribution in [-0.4, -0.2) is 12.9 Å². The van der Waals surface area contributed by atoms with Crippen molar-refractivity contribution in [1.82, 2.24) is 0 Å². The Morgan fingerprint density at radius 1 is 1.54 bits per heavy atom. The molecule has 0 aromatic heterocycles. The number of aldehydes is 1. The lowest BCUT2D eigenvalue weighted by atomic mass is 9.95. The molecule has 3 heteroatoms. The molecule has 1 unspecified atom stereocenters. The quantitative estimate of drug-likeness (QED) is 0.617. The molecular weight excluding hydrogens is 171 g/mol. The van der Waals surface area contributed by atoms with Gasteiger partial charge in [-0.2, -0.15) is 0 Å². The molecule has 1 aliphatic heterocycles. The molecule has 0 aliphatic carbocycles. The van der Waals surface area contributed by atoms with E-state index in [1.807, 2.05) is 0 Å². The summed E-state index contributed by atoms with van der Waals surface area (Å²) in [6.07, 6.45) is 1.57. The summed E-state index contributed by atoms with van der Waals surface area (Å²) < 4.78 is 18.0. The molecule has 0 amide bonds. The van der Waals surface area contributed by atoms with Crippen molar-refractivity contribution < 1.29 is 13.9 Å². The van der Waals surface area contributed by atoms with Gasteiger partial charge in [-0.3, -0.25) is 0 Å². The minimum Gasteiger partial charge on any atom is -0.493 e. The standard InChI is InChI=1S/C10H9FO2/c11-8-1-2-9-7(6-12)3-4-13-10(9)5-8/h1-2,5-7H,3-4H2. The van der Waals surface area contributed by atoms with Gasteiger partial charge in [0.25, 0.3) is 0 Å². The van der Waals surface area contributed by atoms with Gasteiger partial charge in [0.2, 0.25) is 0 Å². The summed E-state index contributed by atoms with van der Waals surface area (Å²) in [4.78, 5) is 10.7. The van der Waals surface area contributed by atoms with Crippen molar-refractivity contribution in [2.45, 2.75) is 12.3 Å². The zero-order valence-corrected chi connectivity index (χ0v) is 7.00. The average Bonchev–Trinajstić information content (AvgIpc) is 2.16. The molecule has 0 spiro atoms. The summed E-state index contributed by atoms with van der Waals surface area (Å²) in [5.74, 6) is 0.0398. The first-order valence-electron chi connectivity index (χ1n) is 4.19. The number of hydrogen-bond donors (Lipinski definition) is 0. The molecule has 2 rings (SSSR count). The molecule has 0 N–H and O–H groups in total. The van der Waals surface area contributed by atoms with E-state index >= 15 is 0 Å². The SMILES string of the molecule is O=CC1CCOc2cc(F)ccc21. The second-order valence-corrected chi connectivity index (χ2v) is 3.06. The Morgan fingerprint density at radius 2 is 2.38 bits per heavy atom. The number of rotatable bonds is 1. The maximum Gasteiger partial charge on any atom is 0.127 e. The molecule has 1 atom stereocenters. The third-order valence-corrected chi connectivity index (χ3v) is 2.23. The number of carbonyl (C=O) groups excluding carboxylic acids is 1. The van der Waals surface area contributed by atoms with Crippen LogP contribution >= 0.6 is 0 Å². The van der Waals surface area contributed by atoms with Crippen LogP contribution in [0.25, 0.3) is 0 Å². The fourth-order valence-electron chi connectivity index (χ4n) is 1.53. The molecule has 0 saturated heterocycles. The van der Waals surface area contributed by atoms with Gasteiger partial charge in [-0.25, -0.2) is 4.39 Å². The first kappa shape index (κ1) is 8.23. The predicted molar refractivity (Wildman–Crippen MR) is 45.3 cm³/mol. The van der Waals surface area contributed by atoms with E-state index in [-0.39, 0.29) is 11.7 Å². The highest BCUT2D eigenvalue weighted by Gasteiger charge is 2.20. The highest BCUT2D eigenvalue weighted by Crippen LogP contribution is 2.32. The summed E-state index contributed by atoms with van der Waals surface area (Å²) in [7, 11) is 0. The topological polar surface area (TPSA) is 26.3 Å². The van der Waals surface area contributed by atoms with Crippen LogP contribution in [0.1, 0.15) is 17.9 Å². The molecule has 0 bridgehead atoms. The van der Waals surface area contributed by atoms with Crippen molar-refractivity contribution >= 4 is 6.29 Å². The number of carbonyl (C=O) groups is 1. The molecule has 0 fully saturated rings. The van der Waals surface area contributed by atoms with Crippen LogP contribution in [0.4, 0.5) is 4.39 Å². The van der Waals surface area contributed by atoms with Crippen molar-refractivity contribution in [3.63, 3.8) is 0 Å². The van der Waals surface area contributed by atoms with Crippen LogP contribution in [0.15, 0.2) is 18.2 Å². The van der Waals surface area contributed by atoms with E-state index in [1.54, 1.807) is 6.07 Å². The lowest BCUT2D eigenvalue weighted by molar-refractivity contribution is -0.109. The summed E-state index contributed by atoms with van der Waals surface area (Å²) in [6, 6.07) is 4.29.